The van der Waals surface area contributed by atoms with Gasteiger partial charge in [-0.25, -0.2) is 14.8 Å². The van der Waals surface area contributed by atoms with Crippen molar-refractivity contribution in [2.75, 3.05) is 61.6 Å². The molecule has 0 saturated carbocycles. The number of benzene rings is 1. The number of hydrogen-bond donors (Lipinski definition) is 2. The Bertz CT molecular complexity index is 1800. The van der Waals surface area contributed by atoms with Gasteiger partial charge in [0.1, 0.15) is 19.0 Å². The number of carbonyl (C=O) groups excluding carboxylic acids is 1. The van der Waals surface area contributed by atoms with Gasteiger partial charge in [-0.2, -0.15) is 18.4 Å². The zero-order valence-corrected chi connectivity index (χ0v) is 27.8. The second-order valence-electron chi connectivity index (χ2n) is 11.4. The number of nitrogens with one attached hydrogen (secondary N) is 2. The van der Waals surface area contributed by atoms with Crippen molar-refractivity contribution in [3.05, 3.63) is 72.6 Å². The Morgan fingerprint density at radius 2 is 1.71 bits per heavy atom. The van der Waals surface area contributed by atoms with Crippen LogP contribution >= 0.6 is 0 Å². The molecule has 16 heteroatoms. The number of morpholine rings is 1. The topological polar surface area (TPSA) is 176 Å². The third-order valence-electron chi connectivity index (χ3n) is 6.96. The first-order valence-corrected chi connectivity index (χ1v) is 16.5. The molecule has 1 aliphatic heterocycles. The Balaban J connectivity index is 1.48. The molecule has 0 unspecified atom stereocenters. The van der Waals surface area contributed by atoms with Crippen LogP contribution in [-0.2, 0) is 24.9 Å². The van der Waals surface area contributed by atoms with E-state index in [1.807, 2.05) is 25.7 Å². The van der Waals surface area contributed by atoms with Crippen LogP contribution in [0.15, 0.2) is 72.0 Å². The van der Waals surface area contributed by atoms with Crippen molar-refractivity contribution >= 4 is 33.7 Å². The van der Waals surface area contributed by atoms with E-state index in [0.717, 1.165) is 5.56 Å². The first-order chi connectivity index (χ1) is 23.0. The molecule has 0 aliphatic carbocycles. The van der Waals surface area contributed by atoms with E-state index >= 15 is 0 Å². The van der Waals surface area contributed by atoms with E-state index in [4.69, 9.17) is 23.7 Å². The lowest BCUT2D eigenvalue weighted by Crippen LogP contribution is -2.37. The van der Waals surface area contributed by atoms with Crippen LogP contribution in [0.3, 0.4) is 0 Å². The lowest BCUT2D eigenvalue weighted by atomic mass is 9.88. The zero-order valence-electron chi connectivity index (χ0n) is 27.0. The molecule has 1 aliphatic rings. The molecule has 5 rings (SSSR count). The molecule has 4 heterocycles. The number of aromatic nitrogens is 4. The molecule has 0 bridgehead atoms. The van der Waals surface area contributed by atoms with Gasteiger partial charge >= 0.3 is 6.09 Å². The number of rotatable bonds is 12. The third-order valence-corrected chi connectivity index (χ3v) is 8.21. The monoisotopic (exact) mass is 679 g/mol. The van der Waals surface area contributed by atoms with Crippen molar-refractivity contribution in [1.82, 2.24) is 19.9 Å². The quantitative estimate of drug-likeness (QED) is 0.198. The SMILES string of the molecule is COc1ccccc1Oc1c(NS(=O)(=O)c2ccc(C(C)(C)C)cn2)nc(N2CCOCC2)nc1OCCOC(=O)Nc1ccccn1. The van der Waals surface area contributed by atoms with Crippen LogP contribution in [0.5, 0.6) is 23.1 Å². The fourth-order valence-corrected chi connectivity index (χ4v) is 5.34. The first-order valence-electron chi connectivity index (χ1n) is 15.1. The highest BCUT2D eigenvalue weighted by Gasteiger charge is 2.28. The summed E-state index contributed by atoms with van der Waals surface area (Å²) < 4.78 is 58.3. The van der Waals surface area contributed by atoms with Gasteiger partial charge in [-0.05, 0) is 41.3 Å². The van der Waals surface area contributed by atoms with Gasteiger partial charge in [0.15, 0.2) is 22.3 Å². The van der Waals surface area contributed by atoms with E-state index in [-0.39, 0.29) is 52.8 Å². The van der Waals surface area contributed by atoms with E-state index in [0.29, 0.717) is 37.9 Å². The molecule has 254 valence electrons. The van der Waals surface area contributed by atoms with Gasteiger partial charge < -0.3 is 28.6 Å². The molecule has 4 aromatic rings. The summed E-state index contributed by atoms with van der Waals surface area (Å²) in [5.41, 5.74) is 0.637. The minimum absolute atomic E-state index is 0.111. The number of carbonyl (C=O) groups is 1. The molecule has 0 radical (unpaired) electrons. The summed E-state index contributed by atoms with van der Waals surface area (Å²) in [7, 11) is -2.81. The average Bonchev–Trinajstić information content (AvgIpc) is 3.08. The summed E-state index contributed by atoms with van der Waals surface area (Å²) in [4.78, 5) is 31.5. The van der Waals surface area contributed by atoms with Crippen LogP contribution in [0.2, 0.25) is 0 Å². The molecule has 0 spiro atoms. The lowest BCUT2D eigenvalue weighted by molar-refractivity contribution is 0.121. The van der Waals surface area contributed by atoms with E-state index in [2.05, 4.69) is 30.0 Å². The maximum Gasteiger partial charge on any atom is 0.412 e. The first kappa shape index (κ1) is 34.1. The zero-order chi connectivity index (χ0) is 34.1. The van der Waals surface area contributed by atoms with Crippen LogP contribution in [0.4, 0.5) is 22.4 Å². The summed E-state index contributed by atoms with van der Waals surface area (Å²) in [6, 6.07) is 15.0. The second-order valence-corrected chi connectivity index (χ2v) is 13.1. The van der Waals surface area contributed by atoms with Crippen molar-refractivity contribution in [3.63, 3.8) is 0 Å². The van der Waals surface area contributed by atoms with E-state index in [1.54, 1.807) is 48.5 Å². The highest BCUT2D eigenvalue weighted by atomic mass is 32.2. The van der Waals surface area contributed by atoms with Crippen molar-refractivity contribution in [2.45, 2.75) is 31.2 Å². The molecule has 1 fully saturated rings. The molecular formula is C32H37N7O8S. The fourth-order valence-electron chi connectivity index (χ4n) is 4.41. The van der Waals surface area contributed by atoms with Crippen molar-refractivity contribution < 1.29 is 36.9 Å². The fraction of sp³-hybridized carbons (Fsp3) is 0.344. The van der Waals surface area contributed by atoms with Crippen LogP contribution in [0.25, 0.3) is 0 Å². The standard InChI is InChI=1S/C32H37N7O8S/c1-32(2,3)22-12-13-26(34-21-22)48(41,42)38-28-27(47-24-10-6-5-9-23(24)43-4)29(37-30(36-28)39-15-17-44-18-16-39)45-19-20-46-31(40)35-25-11-7-8-14-33-25/h5-14,21H,15-20H2,1-4H3,(H,33,35,40)(H,36,37,38). The Hall–Kier alpha value is -5.22. The van der Waals surface area contributed by atoms with Gasteiger partial charge in [-0.3, -0.25) is 10.0 Å². The molecule has 1 saturated heterocycles. The second kappa shape index (κ2) is 15.1. The third kappa shape index (κ3) is 8.77. The summed E-state index contributed by atoms with van der Waals surface area (Å²) in [5, 5.41) is 2.30. The number of amides is 1. The Morgan fingerprint density at radius 3 is 2.38 bits per heavy atom. The number of anilines is 3. The van der Waals surface area contributed by atoms with Gasteiger partial charge in [0.25, 0.3) is 15.9 Å². The molecule has 1 aromatic carbocycles. The predicted molar refractivity (Wildman–Crippen MR) is 177 cm³/mol. The largest absolute Gasteiger partial charge is 0.493 e. The summed E-state index contributed by atoms with van der Waals surface area (Å²) in [6.07, 6.45) is 2.32. The van der Waals surface area contributed by atoms with Crippen LogP contribution < -0.4 is 29.1 Å². The van der Waals surface area contributed by atoms with Gasteiger partial charge in [0, 0.05) is 25.5 Å². The normalized spacial score (nSPS) is 13.4. The van der Waals surface area contributed by atoms with Crippen LogP contribution in [0, 0.1) is 0 Å². The van der Waals surface area contributed by atoms with Crippen LogP contribution in [0.1, 0.15) is 26.3 Å². The highest BCUT2D eigenvalue weighted by molar-refractivity contribution is 7.92. The molecule has 3 aromatic heterocycles. The average molecular weight is 680 g/mol. The molecule has 48 heavy (non-hydrogen) atoms. The number of pyridine rings is 2. The van der Waals surface area contributed by atoms with Gasteiger partial charge in [0.05, 0.1) is 20.3 Å². The highest BCUT2D eigenvalue weighted by Crippen LogP contribution is 2.41. The molecule has 1 amide bonds. The smallest absolute Gasteiger partial charge is 0.412 e. The van der Waals surface area contributed by atoms with Gasteiger partial charge in [0.2, 0.25) is 11.7 Å². The maximum absolute atomic E-state index is 13.7. The lowest BCUT2D eigenvalue weighted by Gasteiger charge is -2.28. The predicted octanol–water partition coefficient (Wildman–Crippen LogP) is 4.63. The van der Waals surface area contributed by atoms with Gasteiger partial charge in [-0.1, -0.05) is 45.0 Å². The summed E-state index contributed by atoms with van der Waals surface area (Å²) in [6.45, 7) is 7.40. The minimum atomic E-state index is -4.28. The number of ether oxygens (including phenoxy) is 5. The Kier molecular flexibility index (Phi) is 10.8. The van der Waals surface area contributed by atoms with E-state index in [9.17, 15) is 13.2 Å². The molecular weight excluding hydrogens is 642 g/mol. The minimum Gasteiger partial charge on any atom is -0.493 e. The van der Waals surface area contributed by atoms with Crippen LogP contribution in [-0.4, -0.2) is 81.1 Å². The number of nitrogens with zero attached hydrogens (tertiary/aromatic N) is 5. The van der Waals surface area contributed by atoms with Crippen molar-refractivity contribution in [2.24, 2.45) is 0 Å². The summed E-state index contributed by atoms with van der Waals surface area (Å²) in [5.74, 6) is 0.631. The number of para-hydroxylation sites is 2. The Morgan fingerprint density at radius 1 is 0.958 bits per heavy atom. The summed E-state index contributed by atoms with van der Waals surface area (Å²) >= 11 is 0. The number of sulfonamides is 1. The van der Waals surface area contributed by atoms with E-state index < -0.39 is 16.1 Å². The Labute approximate surface area is 278 Å². The van der Waals surface area contributed by atoms with Gasteiger partial charge in [-0.15, -0.1) is 0 Å². The van der Waals surface area contributed by atoms with Crippen molar-refractivity contribution in [3.8, 4) is 23.1 Å². The molecule has 15 nitrogen and oxygen atoms in total. The molecule has 0 atom stereocenters. The maximum atomic E-state index is 13.7. The number of methoxy groups -OCH3 is 1. The molecule has 2 N–H and O–H groups in total. The van der Waals surface area contributed by atoms with Crippen molar-refractivity contribution in [1.29, 1.82) is 0 Å². The van der Waals surface area contributed by atoms with E-state index in [1.165, 1.54) is 25.6 Å². The number of hydrogen-bond acceptors (Lipinski definition) is 13.